The van der Waals surface area contributed by atoms with E-state index < -0.39 is 17.9 Å². The van der Waals surface area contributed by atoms with Crippen molar-refractivity contribution in [2.24, 2.45) is 5.73 Å². The van der Waals surface area contributed by atoms with Gasteiger partial charge in [-0.25, -0.2) is 13.8 Å². The number of thiophene rings is 1. The Morgan fingerprint density at radius 2 is 2.32 bits per heavy atom. The highest BCUT2D eigenvalue weighted by Gasteiger charge is 2.48. The molecular weight excluding hydrogens is 479 g/mol. The number of hydrogen-bond donors (Lipinski definition) is 2. The van der Waals surface area contributed by atoms with Gasteiger partial charge in [0.05, 0.1) is 31.9 Å². The first-order chi connectivity index (χ1) is 11.8. The van der Waals surface area contributed by atoms with Crippen molar-refractivity contribution in [2.45, 2.75) is 44.1 Å². The summed E-state index contributed by atoms with van der Waals surface area (Å²) in [6, 6.07) is 1.15. The molecule has 0 radical (unpaired) electrons. The lowest BCUT2D eigenvalue weighted by molar-refractivity contribution is -0.0603. The quantitative estimate of drug-likeness (QED) is 0.349. The van der Waals surface area contributed by atoms with E-state index in [-0.39, 0.29) is 6.42 Å². The van der Waals surface area contributed by atoms with Crippen molar-refractivity contribution in [3.05, 3.63) is 19.7 Å². The predicted octanol–water partition coefficient (Wildman–Crippen LogP) is 5.22. The van der Waals surface area contributed by atoms with Crippen LogP contribution in [0.3, 0.4) is 0 Å². The van der Waals surface area contributed by atoms with Crippen LogP contribution < -0.4 is 11.1 Å². The second-order valence-electron chi connectivity index (χ2n) is 6.03. The van der Waals surface area contributed by atoms with Crippen LogP contribution in [0.5, 0.6) is 0 Å². The van der Waals surface area contributed by atoms with Crippen LogP contribution in [0.15, 0.2) is 6.07 Å². The maximum Gasteiger partial charge on any atom is 0.257 e. The molecule has 0 unspecified atom stereocenters. The number of nitrogens with zero attached hydrogens (tertiary/aromatic N) is 1. The second kappa shape index (κ2) is 7.51. The molecule has 8 heteroatoms. The van der Waals surface area contributed by atoms with Crippen molar-refractivity contribution in [1.29, 1.82) is 0 Å². The average Bonchev–Trinajstić information content (AvgIpc) is 2.84. The SMILES string of the molecule is CC#CCNc1cc(Cl)nc2c(I)c([C@H]3[C@H](N)CCCC3(F)F)sc12. The third-order valence-electron chi connectivity index (χ3n) is 4.34. The van der Waals surface area contributed by atoms with Gasteiger partial charge in [0.25, 0.3) is 5.92 Å². The maximum atomic E-state index is 14.6. The van der Waals surface area contributed by atoms with Crippen LogP contribution in [-0.4, -0.2) is 23.5 Å². The number of anilines is 1. The van der Waals surface area contributed by atoms with E-state index in [4.69, 9.17) is 17.3 Å². The Morgan fingerprint density at radius 3 is 3.00 bits per heavy atom. The zero-order valence-corrected chi connectivity index (χ0v) is 17.2. The molecule has 3 rings (SSSR count). The summed E-state index contributed by atoms with van der Waals surface area (Å²) in [6.45, 7) is 2.21. The zero-order valence-electron chi connectivity index (χ0n) is 13.5. The largest absolute Gasteiger partial charge is 0.373 e. The normalized spacial score (nSPS) is 22.5. The third-order valence-corrected chi connectivity index (χ3v) is 7.28. The van der Waals surface area contributed by atoms with E-state index in [2.05, 4.69) is 44.7 Å². The summed E-state index contributed by atoms with van der Waals surface area (Å²) in [5, 5.41) is 3.52. The topological polar surface area (TPSA) is 50.9 Å². The van der Waals surface area contributed by atoms with Gasteiger partial charge >= 0.3 is 0 Å². The van der Waals surface area contributed by atoms with Gasteiger partial charge < -0.3 is 11.1 Å². The number of nitrogens with two attached hydrogens (primary N) is 1. The second-order valence-corrected chi connectivity index (χ2v) is 8.54. The van der Waals surface area contributed by atoms with Crippen LogP contribution in [0.1, 0.15) is 37.0 Å². The van der Waals surface area contributed by atoms with Gasteiger partial charge in [-0.2, -0.15) is 0 Å². The molecule has 2 atom stereocenters. The lowest BCUT2D eigenvalue weighted by atomic mass is 9.81. The van der Waals surface area contributed by atoms with Gasteiger partial charge in [0.2, 0.25) is 0 Å². The molecule has 2 aromatic heterocycles. The maximum absolute atomic E-state index is 14.6. The van der Waals surface area contributed by atoms with E-state index in [0.717, 1.165) is 10.4 Å². The Labute approximate surface area is 167 Å². The molecule has 3 N–H and O–H groups in total. The number of rotatable bonds is 3. The number of nitrogens with one attached hydrogen (secondary N) is 1. The number of hydrogen-bond acceptors (Lipinski definition) is 4. The number of fused-ring (bicyclic) bond motifs is 1. The molecule has 1 saturated carbocycles. The van der Waals surface area contributed by atoms with Gasteiger partial charge in [-0.3, -0.25) is 0 Å². The van der Waals surface area contributed by atoms with Crippen molar-refractivity contribution in [3.8, 4) is 11.8 Å². The molecule has 3 nitrogen and oxygen atoms in total. The summed E-state index contributed by atoms with van der Waals surface area (Å²) in [5.41, 5.74) is 7.50. The molecule has 0 aliphatic heterocycles. The minimum atomic E-state index is -2.80. The zero-order chi connectivity index (χ0) is 18.2. The highest BCUT2D eigenvalue weighted by molar-refractivity contribution is 14.1. The molecule has 2 heterocycles. The summed E-state index contributed by atoms with van der Waals surface area (Å²) >= 11 is 9.55. The highest BCUT2D eigenvalue weighted by Crippen LogP contribution is 2.50. The van der Waals surface area contributed by atoms with E-state index in [1.54, 1.807) is 13.0 Å². The molecule has 1 aliphatic carbocycles. The fourth-order valence-electron chi connectivity index (χ4n) is 3.18. The molecular formula is C17H17ClF2IN3S. The average molecular weight is 496 g/mol. The lowest BCUT2D eigenvalue weighted by Crippen LogP contribution is -2.43. The number of alkyl halides is 2. The lowest BCUT2D eigenvalue weighted by Gasteiger charge is -2.35. The smallest absolute Gasteiger partial charge is 0.257 e. The van der Waals surface area contributed by atoms with Gasteiger partial charge in [0.1, 0.15) is 5.15 Å². The van der Waals surface area contributed by atoms with Gasteiger partial charge in [0.15, 0.2) is 0 Å². The number of halogens is 4. The first-order valence-electron chi connectivity index (χ1n) is 7.90. The molecule has 0 spiro atoms. The number of pyridine rings is 1. The van der Waals surface area contributed by atoms with E-state index in [1.807, 2.05) is 0 Å². The molecule has 1 fully saturated rings. The summed E-state index contributed by atoms with van der Waals surface area (Å²) in [4.78, 5) is 4.96. The van der Waals surface area contributed by atoms with Gasteiger partial charge in [-0.15, -0.1) is 17.3 Å². The summed E-state index contributed by atoms with van der Waals surface area (Å²) in [7, 11) is 0. The number of aromatic nitrogens is 1. The van der Waals surface area contributed by atoms with E-state index in [9.17, 15) is 8.78 Å². The Bertz CT molecular complexity index is 859. The Balaban J connectivity index is 2.12. The van der Waals surface area contributed by atoms with Gasteiger partial charge in [-0.1, -0.05) is 17.5 Å². The standard InChI is InChI=1S/C17H17ClF2IN3S/c1-2-3-7-23-10-8-11(18)24-14-13(21)16(25-15(10)14)12-9(22)5-4-6-17(12,19)20/h8-9,12H,4-7,22H2,1H3,(H,23,24)/t9-,12-/m1/s1. The molecule has 0 bridgehead atoms. The monoisotopic (exact) mass is 495 g/mol. The first-order valence-corrected chi connectivity index (χ1v) is 10.2. The van der Waals surface area contributed by atoms with Crippen LogP contribution >= 0.6 is 45.5 Å². The predicted molar refractivity (Wildman–Crippen MR) is 109 cm³/mol. The van der Waals surface area contributed by atoms with Crippen molar-refractivity contribution >= 4 is 61.4 Å². The molecule has 1 aliphatic rings. The van der Waals surface area contributed by atoms with Crippen molar-refractivity contribution in [2.75, 3.05) is 11.9 Å². The minimum absolute atomic E-state index is 0.124. The van der Waals surface area contributed by atoms with Crippen LogP contribution in [0.4, 0.5) is 14.5 Å². The van der Waals surface area contributed by atoms with Crippen molar-refractivity contribution in [1.82, 2.24) is 4.98 Å². The molecule has 0 amide bonds. The van der Waals surface area contributed by atoms with Crippen LogP contribution in [-0.2, 0) is 0 Å². The highest BCUT2D eigenvalue weighted by atomic mass is 127. The van der Waals surface area contributed by atoms with Gasteiger partial charge in [0, 0.05) is 23.4 Å². The van der Waals surface area contributed by atoms with Crippen LogP contribution in [0, 0.1) is 15.4 Å². The van der Waals surface area contributed by atoms with Crippen LogP contribution in [0.2, 0.25) is 5.15 Å². The minimum Gasteiger partial charge on any atom is -0.373 e. The molecule has 25 heavy (non-hydrogen) atoms. The van der Waals surface area contributed by atoms with Gasteiger partial charge in [-0.05, 0) is 42.4 Å². The fourth-order valence-corrected chi connectivity index (χ4v) is 5.98. The molecule has 0 aromatic carbocycles. The fraction of sp³-hybridized carbons (Fsp3) is 0.471. The molecule has 2 aromatic rings. The Kier molecular flexibility index (Phi) is 5.73. The van der Waals surface area contributed by atoms with E-state index in [1.165, 1.54) is 11.3 Å². The first kappa shape index (κ1) is 19.1. The van der Waals surface area contributed by atoms with Crippen molar-refractivity contribution in [3.63, 3.8) is 0 Å². The van der Waals surface area contributed by atoms with E-state index in [0.29, 0.717) is 38.5 Å². The third kappa shape index (κ3) is 3.72. The Morgan fingerprint density at radius 1 is 1.56 bits per heavy atom. The summed E-state index contributed by atoms with van der Waals surface area (Å²) in [5.74, 6) is 1.96. The summed E-state index contributed by atoms with van der Waals surface area (Å²) in [6.07, 6.45) is 0.940. The summed E-state index contributed by atoms with van der Waals surface area (Å²) < 4.78 is 30.7. The molecule has 134 valence electrons. The van der Waals surface area contributed by atoms with Crippen LogP contribution in [0.25, 0.3) is 10.2 Å². The Hall–Kier alpha value is -0.690. The molecule has 0 saturated heterocycles. The van der Waals surface area contributed by atoms with Crippen molar-refractivity contribution < 1.29 is 8.78 Å². The van der Waals surface area contributed by atoms with E-state index >= 15 is 0 Å².